The summed E-state index contributed by atoms with van der Waals surface area (Å²) in [7, 11) is 0. The van der Waals surface area contributed by atoms with Gasteiger partial charge in [-0.25, -0.2) is 0 Å². The van der Waals surface area contributed by atoms with Crippen molar-refractivity contribution in [2.24, 2.45) is 0 Å². The van der Waals surface area contributed by atoms with Gasteiger partial charge in [-0.2, -0.15) is 0 Å². The van der Waals surface area contributed by atoms with Crippen molar-refractivity contribution in [2.75, 3.05) is 6.54 Å². The number of unbranched alkanes of at least 4 members (excludes halogenated alkanes) is 2. The predicted octanol–water partition coefficient (Wildman–Crippen LogP) is 5.59. The van der Waals surface area contributed by atoms with Crippen LogP contribution in [0, 0.1) is 0 Å². The second-order valence-electron chi connectivity index (χ2n) is 7.63. The minimum Gasteiger partial charge on any atom is -0.481 e. The van der Waals surface area contributed by atoms with Crippen molar-refractivity contribution in [3.63, 3.8) is 0 Å². The van der Waals surface area contributed by atoms with Crippen LogP contribution >= 0.6 is 24.0 Å². The molecule has 2 aliphatic heterocycles. The van der Waals surface area contributed by atoms with Crippen LogP contribution in [0.3, 0.4) is 0 Å². The Morgan fingerprint density at radius 3 is 2.62 bits per heavy atom. The Balaban J connectivity index is 1.54. The zero-order valence-corrected chi connectivity index (χ0v) is 19.0. The van der Waals surface area contributed by atoms with Crippen LogP contribution in [0.15, 0.2) is 71.2 Å². The first-order valence-electron chi connectivity index (χ1n) is 10.5. The molecule has 0 bridgehead atoms. The van der Waals surface area contributed by atoms with Crippen molar-refractivity contribution in [3.8, 4) is 5.75 Å². The molecule has 0 saturated carbocycles. The van der Waals surface area contributed by atoms with Crippen molar-refractivity contribution >= 4 is 46.3 Å². The van der Waals surface area contributed by atoms with Crippen molar-refractivity contribution in [1.82, 2.24) is 4.90 Å². The van der Waals surface area contributed by atoms with Gasteiger partial charge in [0, 0.05) is 18.5 Å². The first kappa shape index (κ1) is 22.3. The third-order valence-corrected chi connectivity index (χ3v) is 6.71. The highest BCUT2D eigenvalue weighted by Crippen LogP contribution is 2.40. The Labute approximate surface area is 196 Å². The average molecular weight is 466 g/mol. The molecule has 0 aliphatic carbocycles. The number of nitrogens with zero attached hydrogens (tertiary/aromatic N) is 1. The summed E-state index contributed by atoms with van der Waals surface area (Å²) in [6, 6.07) is 17.8. The second kappa shape index (κ2) is 10.1. The maximum absolute atomic E-state index is 13.0. The van der Waals surface area contributed by atoms with Gasteiger partial charge >= 0.3 is 5.97 Å². The largest absolute Gasteiger partial charge is 0.481 e. The predicted molar refractivity (Wildman–Crippen MR) is 130 cm³/mol. The van der Waals surface area contributed by atoms with Gasteiger partial charge in [0.25, 0.3) is 5.91 Å². The molecule has 2 aliphatic rings. The summed E-state index contributed by atoms with van der Waals surface area (Å²) in [4.78, 5) is 25.9. The van der Waals surface area contributed by atoms with Crippen LogP contribution in [0.4, 0.5) is 0 Å². The lowest BCUT2D eigenvalue weighted by Crippen LogP contribution is -2.29. The monoisotopic (exact) mass is 465 g/mol. The van der Waals surface area contributed by atoms with Crippen molar-refractivity contribution in [1.29, 1.82) is 0 Å². The van der Waals surface area contributed by atoms with E-state index in [0.29, 0.717) is 22.2 Å². The highest BCUT2D eigenvalue weighted by Gasteiger charge is 2.33. The van der Waals surface area contributed by atoms with Crippen LogP contribution in [0.25, 0.3) is 6.08 Å². The molecule has 1 atom stereocenters. The third kappa shape index (κ3) is 5.11. The molecular weight excluding hydrogens is 442 g/mol. The molecule has 2 heterocycles. The molecule has 2 aromatic rings. The zero-order chi connectivity index (χ0) is 22.5. The number of thiocarbonyl (C=S) groups is 1. The van der Waals surface area contributed by atoms with Crippen LogP contribution in [-0.2, 0) is 9.59 Å². The number of rotatable bonds is 8. The van der Waals surface area contributed by atoms with E-state index in [9.17, 15) is 9.59 Å². The number of carboxylic acids is 1. The Morgan fingerprint density at radius 1 is 1.09 bits per heavy atom. The van der Waals surface area contributed by atoms with Gasteiger partial charge in [-0.15, -0.1) is 0 Å². The number of thioether (sulfide) groups is 1. The molecule has 1 N–H and O–H groups in total. The molecule has 1 unspecified atom stereocenters. The van der Waals surface area contributed by atoms with Gasteiger partial charge in [-0.1, -0.05) is 78.9 Å². The Hall–Kier alpha value is -2.90. The maximum Gasteiger partial charge on any atom is 0.303 e. The van der Waals surface area contributed by atoms with Crippen molar-refractivity contribution < 1.29 is 19.4 Å². The second-order valence-corrected chi connectivity index (χ2v) is 9.30. The van der Waals surface area contributed by atoms with Crippen LogP contribution in [0.2, 0.25) is 0 Å². The fourth-order valence-corrected chi connectivity index (χ4v) is 5.04. The molecule has 1 fully saturated rings. The van der Waals surface area contributed by atoms with Gasteiger partial charge < -0.3 is 9.84 Å². The minimum atomic E-state index is -0.795. The number of carboxylic acid groups (broad SMARTS) is 1. The first-order chi connectivity index (χ1) is 15.5. The molecule has 32 heavy (non-hydrogen) atoms. The van der Waals surface area contributed by atoms with Gasteiger partial charge in [0.05, 0.1) is 4.91 Å². The Morgan fingerprint density at radius 2 is 1.84 bits per heavy atom. The van der Waals surface area contributed by atoms with Gasteiger partial charge in [-0.05, 0) is 42.2 Å². The van der Waals surface area contributed by atoms with Gasteiger partial charge in [0.2, 0.25) is 0 Å². The fraction of sp³-hybridized carbons (Fsp3) is 0.240. The topological polar surface area (TPSA) is 66.8 Å². The quantitative estimate of drug-likeness (QED) is 0.311. The summed E-state index contributed by atoms with van der Waals surface area (Å²) >= 11 is 6.75. The standard InChI is InChI=1S/C25H23NO4S2/c27-22(28)13-5-2-8-14-26-24(29)21(32-25(26)31)16-19-15-18-11-6-7-12-20(18)30-23(19)17-9-3-1-4-10-17/h1,3-4,6-7,9-12,15-16,23H,2,5,8,13-14H2,(H,27,28). The van der Waals surface area contributed by atoms with E-state index in [2.05, 4.69) is 6.08 Å². The number of fused-ring (bicyclic) bond motifs is 1. The number of aliphatic carboxylic acids is 1. The number of benzene rings is 2. The molecule has 164 valence electrons. The molecule has 0 radical (unpaired) electrons. The highest BCUT2D eigenvalue weighted by molar-refractivity contribution is 8.26. The molecule has 1 saturated heterocycles. The van der Waals surface area contributed by atoms with Gasteiger partial charge in [0.1, 0.15) is 16.2 Å². The van der Waals surface area contributed by atoms with E-state index in [1.165, 1.54) is 11.8 Å². The third-order valence-electron chi connectivity index (χ3n) is 5.33. The van der Waals surface area contributed by atoms with Crippen LogP contribution in [0.1, 0.15) is 42.9 Å². The molecule has 0 spiro atoms. The van der Waals surface area contributed by atoms with E-state index < -0.39 is 5.97 Å². The summed E-state index contributed by atoms with van der Waals surface area (Å²) in [5.41, 5.74) is 2.88. The molecule has 4 rings (SSSR count). The molecule has 1 amide bonds. The van der Waals surface area contributed by atoms with E-state index in [1.807, 2.05) is 60.7 Å². The SMILES string of the molecule is O=C(O)CCCCCN1C(=O)C(=CC2=Cc3ccccc3OC2c2ccccc2)SC1=S. The summed E-state index contributed by atoms with van der Waals surface area (Å²) in [5, 5.41) is 8.75. The first-order valence-corrected chi connectivity index (χ1v) is 11.7. The van der Waals surface area contributed by atoms with E-state index in [0.717, 1.165) is 35.3 Å². The van der Waals surface area contributed by atoms with E-state index in [-0.39, 0.29) is 18.4 Å². The minimum absolute atomic E-state index is 0.107. The lowest BCUT2D eigenvalue weighted by Gasteiger charge is -2.26. The van der Waals surface area contributed by atoms with Crippen molar-refractivity contribution in [2.45, 2.75) is 31.8 Å². The fourth-order valence-electron chi connectivity index (χ4n) is 3.73. The number of hydrogen-bond donors (Lipinski definition) is 1. The normalized spacial score (nSPS) is 19.0. The van der Waals surface area contributed by atoms with Gasteiger partial charge in [0.15, 0.2) is 0 Å². The average Bonchev–Trinajstić information content (AvgIpc) is 3.06. The number of carbonyl (C=O) groups excluding carboxylic acids is 1. The summed E-state index contributed by atoms with van der Waals surface area (Å²) in [6.45, 7) is 0.502. The van der Waals surface area contributed by atoms with Crippen LogP contribution in [0.5, 0.6) is 5.75 Å². The number of para-hydroxylation sites is 1. The smallest absolute Gasteiger partial charge is 0.303 e. The lowest BCUT2D eigenvalue weighted by molar-refractivity contribution is -0.137. The lowest BCUT2D eigenvalue weighted by atomic mass is 9.95. The summed E-state index contributed by atoms with van der Waals surface area (Å²) in [5.74, 6) is -0.0896. The summed E-state index contributed by atoms with van der Waals surface area (Å²) < 4.78 is 6.85. The van der Waals surface area contributed by atoms with E-state index in [4.69, 9.17) is 22.1 Å². The number of ether oxygens (including phenoxy) is 1. The summed E-state index contributed by atoms with van der Waals surface area (Å²) in [6.07, 6.45) is 5.85. The molecule has 5 nitrogen and oxygen atoms in total. The van der Waals surface area contributed by atoms with Crippen LogP contribution < -0.4 is 4.74 Å². The molecular formula is C25H23NO4S2. The van der Waals surface area contributed by atoms with E-state index in [1.54, 1.807) is 4.90 Å². The Bertz CT molecular complexity index is 1090. The molecule has 0 aromatic heterocycles. The zero-order valence-electron chi connectivity index (χ0n) is 17.4. The molecule has 7 heteroatoms. The van der Waals surface area contributed by atoms with Crippen molar-refractivity contribution in [3.05, 3.63) is 82.3 Å². The van der Waals surface area contributed by atoms with Gasteiger partial charge in [-0.3, -0.25) is 14.5 Å². The Kier molecular flexibility index (Phi) is 7.07. The number of amides is 1. The molecule has 2 aromatic carbocycles. The maximum atomic E-state index is 13.0. The van der Waals surface area contributed by atoms with Crippen LogP contribution in [-0.4, -0.2) is 32.7 Å². The highest BCUT2D eigenvalue weighted by atomic mass is 32.2. The number of hydrogen-bond acceptors (Lipinski definition) is 5. The van der Waals surface area contributed by atoms with E-state index >= 15 is 0 Å². The number of carbonyl (C=O) groups is 2.